The van der Waals surface area contributed by atoms with E-state index in [1.807, 2.05) is 6.92 Å². The summed E-state index contributed by atoms with van der Waals surface area (Å²) in [6.07, 6.45) is -3.16. The molecule has 0 bridgehead atoms. The van der Waals surface area contributed by atoms with Crippen molar-refractivity contribution in [3.8, 4) is 11.6 Å². The summed E-state index contributed by atoms with van der Waals surface area (Å²) in [5.74, 6) is 0.370. The van der Waals surface area contributed by atoms with Crippen LogP contribution in [0.3, 0.4) is 0 Å². The minimum atomic E-state index is -4.56. The molecule has 0 aliphatic heterocycles. The number of nitrogens with zero attached hydrogens (tertiary/aromatic N) is 4. The molecule has 1 aromatic carbocycles. The number of hydrogen-bond donors (Lipinski definition) is 2. The van der Waals surface area contributed by atoms with Gasteiger partial charge in [-0.3, -0.25) is 0 Å². The zero-order chi connectivity index (χ0) is 20.5. The minimum Gasteiger partial charge on any atom is -0.481 e. The van der Waals surface area contributed by atoms with Crippen molar-refractivity contribution in [2.24, 2.45) is 0 Å². The number of nitrogens with one attached hydrogen (secondary N) is 1. The largest absolute Gasteiger partial charge is 0.481 e. The van der Waals surface area contributed by atoms with Gasteiger partial charge in [0, 0.05) is 6.07 Å². The van der Waals surface area contributed by atoms with Gasteiger partial charge in [-0.25, -0.2) is 9.67 Å². The van der Waals surface area contributed by atoms with Crippen molar-refractivity contribution < 1.29 is 17.9 Å². The van der Waals surface area contributed by atoms with E-state index in [9.17, 15) is 13.2 Å². The normalized spacial score (nSPS) is 12.6. The zero-order valence-electron chi connectivity index (χ0n) is 14.8. The van der Waals surface area contributed by atoms with Crippen LogP contribution in [0, 0.1) is 0 Å². The molecule has 3 aromatic rings. The topological polar surface area (TPSA) is 90.9 Å². The Kier molecular flexibility index (Phi) is 5.32. The van der Waals surface area contributed by atoms with Gasteiger partial charge in [-0.1, -0.05) is 12.1 Å². The summed E-state index contributed by atoms with van der Waals surface area (Å²) in [5, 5.41) is 6.77. The fourth-order valence-electron chi connectivity index (χ4n) is 2.51. The predicted octanol–water partition coefficient (Wildman–Crippen LogP) is 4.10. The number of aromatic nitrogens is 4. The van der Waals surface area contributed by atoms with Gasteiger partial charge in [0.2, 0.25) is 11.2 Å². The molecule has 1 atom stereocenters. The van der Waals surface area contributed by atoms with Crippen LogP contribution in [-0.2, 0) is 6.18 Å². The molecule has 28 heavy (non-hydrogen) atoms. The number of rotatable bonds is 5. The van der Waals surface area contributed by atoms with Crippen LogP contribution in [0.5, 0.6) is 5.88 Å². The van der Waals surface area contributed by atoms with Crippen molar-refractivity contribution >= 4 is 23.1 Å². The molecular weight excluding hydrogens is 397 g/mol. The predicted molar refractivity (Wildman–Crippen MR) is 98.6 cm³/mol. The standard InChI is InChI=1S/C17H16ClF3N6O/c1-9(24-15-12(22)8-23-16(18)25-15)10-3-5-11(6-4-10)27-14(28-2)7-13(26-27)17(19,20)21/h3-9H,22H2,1-2H3,(H,23,24,25). The van der Waals surface area contributed by atoms with Crippen molar-refractivity contribution in [3.05, 3.63) is 53.1 Å². The van der Waals surface area contributed by atoms with Crippen LogP contribution >= 0.6 is 11.6 Å². The molecule has 0 amide bonds. The van der Waals surface area contributed by atoms with E-state index in [2.05, 4.69) is 20.4 Å². The van der Waals surface area contributed by atoms with E-state index in [0.29, 0.717) is 17.2 Å². The van der Waals surface area contributed by atoms with Gasteiger partial charge < -0.3 is 15.8 Å². The summed E-state index contributed by atoms with van der Waals surface area (Å²) < 4.78 is 44.8. The van der Waals surface area contributed by atoms with E-state index >= 15 is 0 Å². The lowest BCUT2D eigenvalue weighted by molar-refractivity contribution is -0.141. The van der Waals surface area contributed by atoms with Gasteiger partial charge in [-0.15, -0.1) is 0 Å². The van der Waals surface area contributed by atoms with E-state index in [0.717, 1.165) is 16.3 Å². The highest BCUT2D eigenvalue weighted by atomic mass is 35.5. The molecule has 0 fully saturated rings. The number of alkyl halides is 3. The number of halogens is 4. The Morgan fingerprint density at radius 2 is 1.93 bits per heavy atom. The van der Waals surface area contributed by atoms with E-state index in [4.69, 9.17) is 22.1 Å². The van der Waals surface area contributed by atoms with E-state index in [-0.39, 0.29) is 17.2 Å². The average molecular weight is 413 g/mol. The van der Waals surface area contributed by atoms with E-state index in [1.54, 1.807) is 24.3 Å². The molecule has 0 spiro atoms. The number of methoxy groups -OCH3 is 1. The third-order valence-corrected chi connectivity index (χ3v) is 4.14. The Morgan fingerprint density at radius 3 is 2.54 bits per heavy atom. The summed E-state index contributed by atoms with van der Waals surface area (Å²) in [7, 11) is 1.28. The summed E-state index contributed by atoms with van der Waals surface area (Å²) in [6.45, 7) is 1.88. The second-order valence-electron chi connectivity index (χ2n) is 5.88. The second kappa shape index (κ2) is 7.55. The highest BCUT2D eigenvalue weighted by Gasteiger charge is 2.35. The van der Waals surface area contributed by atoms with Crippen LogP contribution in [0.15, 0.2) is 36.5 Å². The molecule has 0 radical (unpaired) electrons. The number of nitrogens with two attached hydrogens (primary N) is 1. The highest BCUT2D eigenvalue weighted by Crippen LogP contribution is 2.32. The molecular formula is C17H16ClF3N6O. The van der Waals surface area contributed by atoms with Crippen LogP contribution in [0.2, 0.25) is 5.28 Å². The summed E-state index contributed by atoms with van der Waals surface area (Å²) in [5.41, 5.74) is 6.41. The van der Waals surface area contributed by atoms with Crippen molar-refractivity contribution in [2.45, 2.75) is 19.1 Å². The molecule has 0 saturated heterocycles. The molecule has 0 aliphatic carbocycles. The third-order valence-electron chi connectivity index (χ3n) is 3.95. The molecule has 7 nitrogen and oxygen atoms in total. The van der Waals surface area contributed by atoms with Crippen molar-refractivity contribution in [1.82, 2.24) is 19.7 Å². The fourth-order valence-corrected chi connectivity index (χ4v) is 2.64. The fraction of sp³-hybridized carbons (Fsp3) is 0.235. The molecule has 0 aliphatic rings. The quantitative estimate of drug-likeness (QED) is 0.613. The molecule has 0 saturated carbocycles. The first-order valence-electron chi connectivity index (χ1n) is 8.05. The number of benzene rings is 1. The van der Waals surface area contributed by atoms with Crippen LogP contribution in [0.25, 0.3) is 5.69 Å². The second-order valence-corrected chi connectivity index (χ2v) is 6.22. The lowest BCUT2D eigenvalue weighted by Crippen LogP contribution is -2.11. The number of ether oxygens (including phenoxy) is 1. The molecule has 148 valence electrons. The molecule has 11 heteroatoms. The minimum absolute atomic E-state index is 0.0188. The van der Waals surface area contributed by atoms with Gasteiger partial charge in [-0.2, -0.15) is 23.3 Å². The first-order chi connectivity index (χ1) is 13.2. The highest BCUT2D eigenvalue weighted by molar-refractivity contribution is 6.28. The first kappa shape index (κ1) is 19.7. The molecule has 2 aromatic heterocycles. The van der Waals surface area contributed by atoms with Crippen molar-refractivity contribution in [3.63, 3.8) is 0 Å². The lowest BCUT2D eigenvalue weighted by Gasteiger charge is -2.17. The first-order valence-corrected chi connectivity index (χ1v) is 8.43. The van der Waals surface area contributed by atoms with Crippen LogP contribution in [0.4, 0.5) is 24.7 Å². The van der Waals surface area contributed by atoms with Crippen molar-refractivity contribution in [2.75, 3.05) is 18.2 Å². The summed E-state index contributed by atoms with van der Waals surface area (Å²) in [6, 6.07) is 7.42. The lowest BCUT2D eigenvalue weighted by atomic mass is 10.1. The van der Waals surface area contributed by atoms with Gasteiger partial charge in [0.25, 0.3) is 0 Å². The summed E-state index contributed by atoms with van der Waals surface area (Å²) >= 11 is 5.78. The SMILES string of the molecule is COc1cc(C(F)(F)F)nn1-c1ccc(C(C)Nc2nc(Cl)ncc2N)cc1. The molecule has 3 N–H and O–H groups in total. The van der Waals surface area contributed by atoms with Gasteiger partial charge in [0.15, 0.2) is 11.5 Å². The van der Waals surface area contributed by atoms with E-state index < -0.39 is 11.9 Å². The Hall–Kier alpha value is -3.01. The smallest absolute Gasteiger partial charge is 0.435 e. The maximum Gasteiger partial charge on any atom is 0.435 e. The van der Waals surface area contributed by atoms with Crippen LogP contribution < -0.4 is 15.8 Å². The van der Waals surface area contributed by atoms with Crippen LogP contribution in [0.1, 0.15) is 24.2 Å². The molecule has 3 rings (SSSR count). The Labute approximate surface area is 163 Å². The van der Waals surface area contributed by atoms with Gasteiger partial charge in [-0.05, 0) is 36.2 Å². The monoisotopic (exact) mass is 412 g/mol. The van der Waals surface area contributed by atoms with Crippen molar-refractivity contribution in [1.29, 1.82) is 0 Å². The van der Waals surface area contributed by atoms with Gasteiger partial charge in [0.05, 0.1) is 30.7 Å². The Morgan fingerprint density at radius 1 is 1.25 bits per heavy atom. The number of hydrogen-bond acceptors (Lipinski definition) is 6. The number of anilines is 2. The Balaban J connectivity index is 1.83. The third kappa shape index (κ3) is 4.11. The van der Waals surface area contributed by atoms with Crippen LogP contribution in [-0.4, -0.2) is 26.9 Å². The van der Waals surface area contributed by atoms with Gasteiger partial charge in [0.1, 0.15) is 0 Å². The maximum atomic E-state index is 12.9. The molecule has 1 unspecified atom stereocenters. The van der Waals surface area contributed by atoms with Gasteiger partial charge >= 0.3 is 6.18 Å². The number of nitrogen functional groups attached to an aromatic ring is 1. The molecule has 2 heterocycles. The average Bonchev–Trinajstić information content (AvgIpc) is 3.09. The summed E-state index contributed by atoms with van der Waals surface area (Å²) in [4.78, 5) is 7.82. The zero-order valence-corrected chi connectivity index (χ0v) is 15.6. The Bertz CT molecular complexity index is 974. The maximum absolute atomic E-state index is 12.9. The van der Waals surface area contributed by atoms with E-state index in [1.165, 1.54) is 13.3 Å².